The molecule has 8 heteroatoms. The van der Waals surface area contributed by atoms with Crippen LogP contribution in [-0.4, -0.2) is 45.5 Å². The highest BCUT2D eigenvalue weighted by atomic mass is 32.2. The van der Waals surface area contributed by atoms with E-state index in [2.05, 4.69) is 4.98 Å². The van der Waals surface area contributed by atoms with E-state index in [1.807, 2.05) is 35.0 Å². The first-order chi connectivity index (χ1) is 15.0. The number of nitrogen functional groups attached to an aromatic ring is 1. The van der Waals surface area contributed by atoms with E-state index >= 15 is 0 Å². The normalized spacial score (nSPS) is 21.8. The van der Waals surface area contributed by atoms with Gasteiger partial charge in [-0.1, -0.05) is 12.1 Å². The second-order valence-corrected chi connectivity index (χ2v) is 9.12. The molecule has 1 aliphatic heterocycles. The summed E-state index contributed by atoms with van der Waals surface area (Å²) < 4.78 is 32.6. The zero-order valence-electron chi connectivity index (χ0n) is 17.5. The molecule has 3 aromatic rings. The third-order valence-electron chi connectivity index (χ3n) is 5.33. The van der Waals surface area contributed by atoms with Crippen LogP contribution >= 0.6 is 0 Å². The average molecular weight is 442 g/mol. The smallest absolute Gasteiger partial charge is 0.187 e. The lowest BCUT2D eigenvalue weighted by atomic mass is 10.0. The van der Waals surface area contributed by atoms with Crippen LogP contribution in [-0.2, 0) is 33.6 Å². The summed E-state index contributed by atoms with van der Waals surface area (Å²) in [4.78, 5) is 4.87. The third-order valence-corrected chi connectivity index (χ3v) is 6.80. The summed E-state index contributed by atoms with van der Waals surface area (Å²) >= 11 is -1.19. The fourth-order valence-corrected chi connectivity index (χ4v) is 4.80. The van der Waals surface area contributed by atoms with Crippen molar-refractivity contribution in [2.24, 2.45) is 0 Å². The first kappa shape index (κ1) is 21.7. The van der Waals surface area contributed by atoms with Gasteiger partial charge in [-0.15, -0.1) is 0 Å². The van der Waals surface area contributed by atoms with Crippen molar-refractivity contribution < 1.29 is 18.8 Å². The molecule has 1 fully saturated rings. The highest BCUT2D eigenvalue weighted by molar-refractivity contribution is 7.91. The molecular weight excluding hydrogens is 414 g/mol. The number of nitrogens with two attached hydrogens (primary N) is 1. The number of aromatic nitrogens is 2. The number of nitrogens with zero attached hydrogens (tertiary/aromatic N) is 2. The maximum atomic E-state index is 12.8. The maximum Gasteiger partial charge on any atom is 0.187 e. The molecule has 1 unspecified atom stereocenters. The van der Waals surface area contributed by atoms with Gasteiger partial charge in [-0.25, -0.2) is 4.98 Å². The van der Waals surface area contributed by atoms with Gasteiger partial charge in [0.05, 0.1) is 26.6 Å². The Balaban J connectivity index is 1.42. The van der Waals surface area contributed by atoms with Gasteiger partial charge in [-0.05, 0) is 59.6 Å². The summed E-state index contributed by atoms with van der Waals surface area (Å²) in [7, 11) is 1.66. The zero-order valence-corrected chi connectivity index (χ0v) is 18.3. The number of aryl methyl sites for hydroxylation is 1. The lowest BCUT2D eigenvalue weighted by molar-refractivity contribution is -0.180. The van der Waals surface area contributed by atoms with E-state index in [9.17, 15) is 4.55 Å². The summed E-state index contributed by atoms with van der Waals surface area (Å²) in [5.41, 5.74) is 7.55. The molecule has 164 valence electrons. The van der Waals surface area contributed by atoms with Gasteiger partial charge < -0.3 is 29.1 Å². The molecule has 0 spiro atoms. The van der Waals surface area contributed by atoms with Gasteiger partial charge in [-0.3, -0.25) is 0 Å². The number of hydrogen-bond acceptors (Lipinski definition) is 6. The summed E-state index contributed by atoms with van der Waals surface area (Å²) in [5.74, 6) is 0.407. The van der Waals surface area contributed by atoms with Gasteiger partial charge in [-0.2, -0.15) is 0 Å². The topological polar surface area (TPSA) is 94.6 Å². The molecule has 2 N–H and O–H groups in total. The minimum atomic E-state index is -1.19. The Bertz CT molecular complexity index is 950. The Hall–Kier alpha value is -2.52. The first-order valence-corrected chi connectivity index (χ1v) is 11.5. The van der Waals surface area contributed by atoms with Crippen molar-refractivity contribution in [3.8, 4) is 5.75 Å². The van der Waals surface area contributed by atoms with Gasteiger partial charge in [0.2, 0.25) is 0 Å². The number of anilines is 1. The molecule has 7 nitrogen and oxygen atoms in total. The quantitative estimate of drug-likeness (QED) is 0.405. The lowest BCUT2D eigenvalue weighted by Gasteiger charge is -2.28. The third kappa shape index (κ3) is 5.59. The van der Waals surface area contributed by atoms with Gasteiger partial charge in [0, 0.05) is 24.5 Å². The van der Waals surface area contributed by atoms with Crippen molar-refractivity contribution in [1.29, 1.82) is 0 Å². The van der Waals surface area contributed by atoms with Crippen LogP contribution in [0.25, 0.3) is 0 Å². The lowest BCUT2D eigenvalue weighted by Crippen LogP contribution is -2.37. The fraction of sp³-hybridized carbons (Fsp3) is 0.348. The molecule has 3 atom stereocenters. The number of methoxy groups -OCH3 is 1. The Kier molecular flexibility index (Phi) is 6.82. The minimum Gasteiger partial charge on any atom is -0.611 e. The molecule has 4 rings (SSSR count). The van der Waals surface area contributed by atoms with Gasteiger partial charge in [0.15, 0.2) is 10.7 Å². The van der Waals surface area contributed by atoms with Crippen LogP contribution in [0.3, 0.4) is 0 Å². The predicted molar refractivity (Wildman–Crippen MR) is 119 cm³/mol. The van der Waals surface area contributed by atoms with Crippen molar-refractivity contribution in [2.45, 2.75) is 36.2 Å². The minimum absolute atomic E-state index is 0.252. The molecule has 0 aliphatic carbocycles. The highest BCUT2D eigenvalue weighted by Crippen LogP contribution is 2.32. The van der Waals surface area contributed by atoms with E-state index in [1.54, 1.807) is 43.9 Å². The number of imidazole rings is 1. The molecule has 0 amide bonds. The van der Waals surface area contributed by atoms with Gasteiger partial charge in [0.25, 0.3) is 0 Å². The number of rotatable bonds is 9. The Morgan fingerprint density at radius 2 is 2.00 bits per heavy atom. The fourth-order valence-electron chi connectivity index (χ4n) is 3.66. The Morgan fingerprint density at radius 1 is 1.23 bits per heavy atom. The molecule has 31 heavy (non-hydrogen) atoms. The van der Waals surface area contributed by atoms with E-state index < -0.39 is 17.0 Å². The molecular formula is C23H27N3O4S. The Labute approximate surface area is 185 Å². The molecule has 0 radical (unpaired) electrons. The summed E-state index contributed by atoms with van der Waals surface area (Å²) in [6.07, 6.45) is 6.58. The molecule has 1 saturated heterocycles. The summed E-state index contributed by atoms with van der Waals surface area (Å²) in [6, 6.07) is 15.1. The molecule has 1 aromatic heterocycles. The largest absolute Gasteiger partial charge is 0.611 e. The molecule has 2 aromatic carbocycles. The maximum absolute atomic E-state index is 12.8. The van der Waals surface area contributed by atoms with E-state index in [0.717, 1.165) is 17.1 Å². The summed E-state index contributed by atoms with van der Waals surface area (Å²) in [6.45, 7) is 0.923. The van der Waals surface area contributed by atoms with E-state index in [-0.39, 0.29) is 6.10 Å². The van der Waals surface area contributed by atoms with E-state index in [4.69, 9.17) is 19.9 Å². The predicted octanol–water partition coefficient (Wildman–Crippen LogP) is 3.03. The van der Waals surface area contributed by atoms with Crippen LogP contribution in [0.5, 0.6) is 5.75 Å². The Morgan fingerprint density at radius 3 is 2.68 bits per heavy atom. The molecule has 1 aliphatic rings. The van der Waals surface area contributed by atoms with Gasteiger partial charge >= 0.3 is 0 Å². The standard InChI is InChI=1S/C23H27N3O4S/c1-28-20-6-2-18(3-7-20)10-11-23(16-26-13-12-25-17-26)29-14-21(30-23)15-31(27)22-8-4-19(24)5-9-22/h2-9,12-13,17,21H,10-11,14-16,24H2,1H3/t21-,23-,31?/m0/s1. The number of benzene rings is 2. The molecule has 0 saturated carbocycles. The van der Waals surface area contributed by atoms with E-state index in [1.165, 1.54) is 5.56 Å². The van der Waals surface area contributed by atoms with Crippen LogP contribution in [0.15, 0.2) is 72.1 Å². The van der Waals surface area contributed by atoms with Crippen LogP contribution in [0, 0.1) is 0 Å². The van der Waals surface area contributed by atoms with Crippen LogP contribution in [0.2, 0.25) is 0 Å². The summed E-state index contributed by atoms with van der Waals surface area (Å²) in [5, 5.41) is 0. The first-order valence-electron chi connectivity index (χ1n) is 10.2. The van der Waals surface area contributed by atoms with Crippen molar-refractivity contribution >= 4 is 16.9 Å². The second kappa shape index (κ2) is 9.74. The second-order valence-electron chi connectivity index (χ2n) is 7.63. The van der Waals surface area contributed by atoms with Crippen LogP contribution in [0.1, 0.15) is 12.0 Å². The molecule has 2 heterocycles. The van der Waals surface area contributed by atoms with Gasteiger partial charge in [0.1, 0.15) is 17.6 Å². The zero-order chi connectivity index (χ0) is 21.7. The highest BCUT2D eigenvalue weighted by Gasteiger charge is 2.43. The van der Waals surface area contributed by atoms with E-state index in [0.29, 0.717) is 31.0 Å². The van der Waals surface area contributed by atoms with Crippen molar-refractivity contribution in [3.05, 3.63) is 72.8 Å². The monoisotopic (exact) mass is 441 g/mol. The number of hydrogen-bond donors (Lipinski definition) is 1. The molecule has 0 bridgehead atoms. The van der Waals surface area contributed by atoms with Crippen molar-refractivity contribution in [1.82, 2.24) is 9.55 Å². The van der Waals surface area contributed by atoms with Crippen molar-refractivity contribution in [3.63, 3.8) is 0 Å². The SMILES string of the molecule is COc1ccc(CC[C@]2(Cn3ccnc3)OC[C@@H](C[S+]([O-])c3ccc(N)cc3)O2)cc1. The average Bonchev–Trinajstić information content (AvgIpc) is 3.44. The van der Waals surface area contributed by atoms with Crippen LogP contribution in [0.4, 0.5) is 5.69 Å². The number of ether oxygens (including phenoxy) is 3. The van der Waals surface area contributed by atoms with Crippen LogP contribution < -0.4 is 10.5 Å². The van der Waals surface area contributed by atoms with Crippen molar-refractivity contribution in [2.75, 3.05) is 25.2 Å².